The van der Waals surface area contributed by atoms with Crippen molar-refractivity contribution in [3.05, 3.63) is 82.9 Å². The van der Waals surface area contributed by atoms with Crippen molar-refractivity contribution in [3.8, 4) is 5.75 Å². The molecule has 0 spiro atoms. The molecule has 1 atom stereocenters. The van der Waals surface area contributed by atoms with Crippen molar-refractivity contribution >= 4 is 16.9 Å². The molecule has 0 unspecified atom stereocenters. The number of aryl methyl sites for hydroxylation is 2. The average Bonchev–Trinajstić information content (AvgIpc) is 3.42. The second-order valence-corrected chi connectivity index (χ2v) is 9.08. The maximum atomic E-state index is 12.4. The maximum Gasteiger partial charge on any atom is 0.325 e. The minimum Gasteiger partial charge on any atom is -0.489 e. The SMILES string of the molecule is Cc1noc(C)c1CN1CCN([C@@H](C(=O)O)c2c[nH]c3ccc(OCc4ccccc4)cc23)CC1. The van der Waals surface area contributed by atoms with Gasteiger partial charge in [0.05, 0.1) is 5.69 Å². The number of carbonyl (C=O) groups is 1. The number of hydrogen-bond acceptors (Lipinski definition) is 6. The fourth-order valence-corrected chi connectivity index (χ4v) is 4.80. The molecular weight excluding hydrogens is 444 g/mol. The molecule has 5 rings (SSSR count). The van der Waals surface area contributed by atoms with Gasteiger partial charge < -0.3 is 19.4 Å². The Morgan fingerprint density at radius 2 is 1.91 bits per heavy atom. The lowest BCUT2D eigenvalue weighted by Crippen LogP contribution is -2.48. The molecule has 0 radical (unpaired) electrons. The summed E-state index contributed by atoms with van der Waals surface area (Å²) < 4.78 is 11.3. The highest BCUT2D eigenvalue weighted by atomic mass is 16.5. The van der Waals surface area contributed by atoms with Gasteiger partial charge in [0.15, 0.2) is 0 Å². The van der Waals surface area contributed by atoms with E-state index in [1.165, 1.54) is 0 Å². The van der Waals surface area contributed by atoms with Crippen LogP contribution in [0.5, 0.6) is 5.75 Å². The summed E-state index contributed by atoms with van der Waals surface area (Å²) in [5, 5.41) is 15.1. The van der Waals surface area contributed by atoms with Crippen LogP contribution in [-0.2, 0) is 17.9 Å². The molecule has 1 fully saturated rings. The van der Waals surface area contributed by atoms with Gasteiger partial charge in [-0.2, -0.15) is 0 Å². The highest BCUT2D eigenvalue weighted by Gasteiger charge is 2.32. The summed E-state index contributed by atoms with van der Waals surface area (Å²) >= 11 is 0. The number of piperazine rings is 1. The van der Waals surface area contributed by atoms with Crippen molar-refractivity contribution < 1.29 is 19.2 Å². The summed E-state index contributed by atoms with van der Waals surface area (Å²) in [6.45, 7) is 8.00. The van der Waals surface area contributed by atoms with E-state index in [2.05, 4.69) is 15.0 Å². The fourth-order valence-electron chi connectivity index (χ4n) is 4.80. The molecular formula is C27H30N4O4. The molecule has 0 amide bonds. The third kappa shape index (κ3) is 4.94. The first kappa shape index (κ1) is 23.1. The number of rotatable bonds is 8. The first-order valence-corrected chi connectivity index (χ1v) is 11.9. The van der Waals surface area contributed by atoms with Gasteiger partial charge in [-0.05, 0) is 37.6 Å². The van der Waals surface area contributed by atoms with Crippen molar-refractivity contribution in [2.75, 3.05) is 26.2 Å². The number of ether oxygens (including phenoxy) is 1. The molecule has 1 aliphatic heterocycles. The molecule has 182 valence electrons. The Morgan fingerprint density at radius 1 is 1.14 bits per heavy atom. The number of hydrogen-bond donors (Lipinski definition) is 2. The molecule has 1 saturated heterocycles. The van der Waals surface area contributed by atoms with Gasteiger partial charge in [0.1, 0.15) is 24.2 Å². The van der Waals surface area contributed by atoms with Gasteiger partial charge >= 0.3 is 5.97 Å². The third-order valence-electron chi connectivity index (χ3n) is 6.80. The van der Waals surface area contributed by atoms with Crippen molar-refractivity contribution in [2.45, 2.75) is 33.0 Å². The molecule has 1 aliphatic rings. The molecule has 8 nitrogen and oxygen atoms in total. The van der Waals surface area contributed by atoms with E-state index >= 15 is 0 Å². The summed E-state index contributed by atoms with van der Waals surface area (Å²) in [6, 6.07) is 15.1. The minimum atomic E-state index is -0.847. The zero-order chi connectivity index (χ0) is 24.4. The van der Waals surface area contributed by atoms with E-state index < -0.39 is 12.0 Å². The van der Waals surface area contributed by atoms with Gasteiger partial charge in [-0.15, -0.1) is 0 Å². The van der Waals surface area contributed by atoms with Crippen LogP contribution in [0.1, 0.15) is 34.2 Å². The number of H-pyrrole nitrogens is 1. The van der Waals surface area contributed by atoms with Crippen LogP contribution in [0.3, 0.4) is 0 Å². The Kier molecular flexibility index (Phi) is 6.57. The van der Waals surface area contributed by atoms with Gasteiger partial charge in [-0.3, -0.25) is 14.6 Å². The van der Waals surface area contributed by atoms with E-state index in [4.69, 9.17) is 9.26 Å². The quantitative estimate of drug-likeness (QED) is 0.393. The standard InChI is InChI=1S/C27H30N4O4/c1-18-24(19(2)35-29-18)16-30-10-12-31(13-11-30)26(27(32)33)23-15-28-25-9-8-21(14-22(23)25)34-17-20-6-4-3-5-7-20/h3-9,14-15,26,28H,10-13,16-17H2,1-2H3,(H,32,33)/t26-/m1/s1. The van der Waals surface area contributed by atoms with Crippen LogP contribution in [0.4, 0.5) is 0 Å². The second kappa shape index (κ2) is 9.93. The van der Waals surface area contributed by atoms with Crippen LogP contribution >= 0.6 is 0 Å². The Morgan fingerprint density at radius 3 is 2.60 bits per heavy atom. The zero-order valence-corrected chi connectivity index (χ0v) is 20.0. The lowest BCUT2D eigenvalue weighted by molar-refractivity contribution is -0.144. The van der Waals surface area contributed by atoms with E-state index in [1.54, 1.807) is 0 Å². The van der Waals surface area contributed by atoms with E-state index in [1.807, 2.05) is 73.5 Å². The number of benzene rings is 2. The average molecular weight is 475 g/mol. The number of nitrogens with zero attached hydrogens (tertiary/aromatic N) is 3. The number of fused-ring (bicyclic) bond motifs is 1. The van der Waals surface area contributed by atoms with Crippen molar-refractivity contribution in [1.82, 2.24) is 19.9 Å². The van der Waals surface area contributed by atoms with Gasteiger partial charge in [-0.1, -0.05) is 35.5 Å². The number of aromatic amines is 1. The fraction of sp³-hybridized carbons (Fsp3) is 0.333. The number of aromatic nitrogens is 2. The molecule has 35 heavy (non-hydrogen) atoms. The number of carboxylic acids is 1. The Labute approximate surface area is 204 Å². The van der Waals surface area contributed by atoms with Crippen LogP contribution in [0.2, 0.25) is 0 Å². The highest BCUT2D eigenvalue weighted by Crippen LogP contribution is 2.32. The summed E-state index contributed by atoms with van der Waals surface area (Å²) in [6.07, 6.45) is 1.82. The first-order valence-electron chi connectivity index (χ1n) is 11.9. The largest absolute Gasteiger partial charge is 0.489 e. The second-order valence-electron chi connectivity index (χ2n) is 9.08. The predicted octanol–water partition coefficient (Wildman–Crippen LogP) is 4.30. The minimum absolute atomic E-state index is 0.460. The van der Waals surface area contributed by atoms with E-state index in [-0.39, 0.29) is 0 Å². The van der Waals surface area contributed by atoms with Gasteiger partial charge in [0.25, 0.3) is 0 Å². The monoisotopic (exact) mass is 474 g/mol. The van der Waals surface area contributed by atoms with Crippen molar-refractivity contribution in [2.24, 2.45) is 0 Å². The van der Waals surface area contributed by atoms with E-state index in [0.717, 1.165) is 64.4 Å². The molecule has 2 N–H and O–H groups in total. The maximum absolute atomic E-state index is 12.4. The van der Waals surface area contributed by atoms with E-state index in [0.29, 0.717) is 19.7 Å². The third-order valence-corrected chi connectivity index (χ3v) is 6.80. The van der Waals surface area contributed by atoms with Crippen LogP contribution in [0.25, 0.3) is 10.9 Å². The summed E-state index contributed by atoms with van der Waals surface area (Å²) in [5.74, 6) is 0.716. The van der Waals surface area contributed by atoms with Crippen molar-refractivity contribution in [3.63, 3.8) is 0 Å². The van der Waals surface area contributed by atoms with Crippen LogP contribution in [-0.4, -0.2) is 57.2 Å². The van der Waals surface area contributed by atoms with Gasteiger partial charge in [-0.25, -0.2) is 0 Å². The molecule has 0 aliphatic carbocycles. The number of carboxylic acid groups (broad SMARTS) is 1. The molecule has 0 bridgehead atoms. The summed E-state index contributed by atoms with van der Waals surface area (Å²) in [4.78, 5) is 20.1. The van der Waals surface area contributed by atoms with Crippen molar-refractivity contribution in [1.29, 1.82) is 0 Å². The Balaban J connectivity index is 1.31. The molecule has 2 aromatic carbocycles. The van der Waals surface area contributed by atoms with Crippen LogP contribution in [0.15, 0.2) is 59.3 Å². The predicted molar refractivity (Wildman–Crippen MR) is 132 cm³/mol. The first-order chi connectivity index (χ1) is 17.0. The van der Waals surface area contributed by atoms with Crippen LogP contribution in [0, 0.1) is 13.8 Å². The number of aliphatic carboxylic acids is 1. The highest BCUT2D eigenvalue weighted by molar-refractivity contribution is 5.90. The number of nitrogens with one attached hydrogen (secondary N) is 1. The normalized spacial score (nSPS) is 15.9. The lowest BCUT2D eigenvalue weighted by Gasteiger charge is -2.37. The lowest BCUT2D eigenvalue weighted by atomic mass is 10.0. The molecule has 8 heteroatoms. The zero-order valence-electron chi connectivity index (χ0n) is 20.0. The Hall–Kier alpha value is -3.62. The van der Waals surface area contributed by atoms with Crippen LogP contribution < -0.4 is 4.74 Å². The summed E-state index contributed by atoms with van der Waals surface area (Å²) in [5.41, 5.74) is 4.78. The molecule has 4 aromatic rings. The summed E-state index contributed by atoms with van der Waals surface area (Å²) in [7, 11) is 0. The molecule has 0 saturated carbocycles. The van der Waals surface area contributed by atoms with E-state index in [9.17, 15) is 9.90 Å². The Bertz CT molecular complexity index is 1290. The van der Waals surface area contributed by atoms with Gasteiger partial charge in [0.2, 0.25) is 0 Å². The molecule has 3 heterocycles. The van der Waals surface area contributed by atoms with Gasteiger partial charge in [0, 0.05) is 61.0 Å². The smallest absolute Gasteiger partial charge is 0.325 e. The topological polar surface area (TPSA) is 94.8 Å². The molecule has 2 aromatic heterocycles.